The van der Waals surface area contributed by atoms with E-state index in [-0.39, 0.29) is 34.3 Å². The lowest BCUT2D eigenvalue weighted by molar-refractivity contribution is -0.134. The molecule has 0 aliphatic rings. The average molecular weight is 352 g/mol. The van der Waals surface area contributed by atoms with Crippen molar-refractivity contribution in [1.29, 1.82) is 0 Å². The van der Waals surface area contributed by atoms with Crippen LogP contribution in [0.4, 0.5) is 0 Å². The largest absolute Gasteiger partial charge is 0.508 e. The van der Waals surface area contributed by atoms with Crippen LogP contribution < -0.4 is 10.2 Å². The highest BCUT2D eigenvalue weighted by Crippen LogP contribution is 2.31. The fourth-order valence-corrected chi connectivity index (χ4v) is 2.76. The molecule has 0 radical (unpaired) electrons. The van der Waals surface area contributed by atoms with Gasteiger partial charge in [0.15, 0.2) is 5.43 Å². The molecule has 1 N–H and O–H groups in total. The number of phenols is 1. The molecule has 0 bridgehead atoms. The van der Waals surface area contributed by atoms with Gasteiger partial charge in [-0.25, -0.2) is 0 Å². The zero-order valence-electron chi connectivity index (χ0n) is 14.5. The number of ether oxygens (including phenoxy) is 1. The number of phenolic OH excluding ortho intramolecular Hbond substituents is 1. The predicted molar refractivity (Wildman–Crippen MR) is 99.4 cm³/mol. The molecular weight excluding hydrogens is 332 g/mol. The van der Waals surface area contributed by atoms with E-state index in [0.29, 0.717) is 5.76 Å². The number of benzene rings is 2. The first kappa shape index (κ1) is 17.7. The zero-order chi connectivity index (χ0) is 18.5. The van der Waals surface area contributed by atoms with Crippen molar-refractivity contribution in [3.05, 3.63) is 58.8 Å². The molecule has 26 heavy (non-hydrogen) atoms. The molecule has 0 amide bonds. The Morgan fingerprint density at radius 1 is 1.12 bits per heavy atom. The lowest BCUT2D eigenvalue weighted by Gasteiger charge is -2.09. The van der Waals surface area contributed by atoms with Crippen molar-refractivity contribution in [2.45, 2.75) is 32.6 Å². The van der Waals surface area contributed by atoms with Crippen molar-refractivity contribution in [2.75, 3.05) is 0 Å². The van der Waals surface area contributed by atoms with Gasteiger partial charge in [0.2, 0.25) is 0 Å². The molecule has 5 heteroatoms. The Morgan fingerprint density at radius 2 is 1.88 bits per heavy atom. The summed E-state index contributed by atoms with van der Waals surface area (Å²) in [5.74, 6) is -0.164. The van der Waals surface area contributed by atoms with Crippen molar-refractivity contribution in [3.63, 3.8) is 0 Å². The van der Waals surface area contributed by atoms with Gasteiger partial charge in [0.05, 0.1) is 0 Å². The summed E-state index contributed by atoms with van der Waals surface area (Å²) in [6.07, 6.45) is 2.91. The number of esters is 1. The summed E-state index contributed by atoms with van der Waals surface area (Å²) >= 11 is 0. The van der Waals surface area contributed by atoms with Crippen LogP contribution in [-0.4, -0.2) is 11.1 Å². The number of unbranched alkanes of at least 4 members (excludes halogenated alkanes) is 2. The first-order valence-corrected chi connectivity index (χ1v) is 8.65. The first-order chi connectivity index (χ1) is 12.6. The van der Waals surface area contributed by atoms with Gasteiger partial charge < -0.3 is 14.3 Å². The molecule has 0 fully saturated rings. The predicted octanol–water partition coefficient (Wildman–Crippen LogP) is 4.65. The Morgan fingerprint density at radius 3 is 2.62 bits per heavy atom. The summed E-state index contributed by atoms with van der Waals surface area (Å²) in [5, 5.41) is 10.1. The number of carbonyl (C=O) groups is 1. The van der Waals surface area contributed by atoms with E-state index in [1.807, 2.05) is 37.3 Å². The van der Waals surface area contributed by atoms with Crippen LogP contribution in [0.2, 0.25) is 0 Å². The standard InChI is InChI=1S/C21H20O5/c1-2-3-5-10-20(24)26-19-12-15(22)11-18-21(19)16(23)13-17(25-18)14-8-6-4-7-9-14/h4,6-9,11-13,22H,2-3,5,10H2,1H3. The van der Waals surface area contributed by atoms with Crippen molar-refractivity contribution in [2.24, 2.45) is 0 Å². The van der Waals surface area contributed by atoms with Gasteiger partial charge in [-0.15, -0.1) is 0 Å². The first-order valence-electron chi connectivity index (χ1n) is 8.65. The quantitative estimate of drug-likeness (QED) is 0.397. The maximum absolute atomic E-state index is 12.6. The molecule has 5 nitrogen and oxygen atoms in total. The number of hydrogen-bond donors (Lipinski definition) is 1. The van der Waals surface area contributed by atoms with Crippen molar-refractivity contribution in [3.8, 4) is 22.8 Å². The van der Waals surface area contributed by atoms with Crippen LogP contribution >= 0.6 is 0 Å². The number of fused-ring (bicyclic) bond motifs is 1. The van der Waals surface area contributed by atoms with Gasteiger partial charge in [-0.3, -0.25) is 9.59 Å². The molecule has 0 aliphatic carbocycles. The van der Waals surface area contributed by atoms with Gasteiger partial charge >= 0.3 is 5.97 Å². The molecule has 0 atom stereocenters. The Hall–Kier alpha value is -3.08. The van der Waals surface area contributed by atoms with E-state index in [4.69, 9.17) is 9.15 Å². The molecule has 3 aromatic rings. The number of aromatic hydroxyl groups is 1. The Balaban J connectivity index is 2.00. The molecule has 0 aliphatic heterocycles. The zero-order valence-corrected chi connectivity index (χ0v) is 14.5. The molecule has 0 saturated heterocycles. The Labute approximate surface area is 150 Å². The van der Waals surface area contributed by atoms with Crippen LogP contribution in [0, 0.1) is 0 Å². The van der Waals surface area contributed by atoms with E-state index >= 15 is 0 Å². The van der Waals surface area contributed by atoms with Gasteiger partial charge in [0.25, 0.3) is 0 Å². The summed E-state index contributed by atoms with van der Waals surface area (Å²) in [5.41, 5.74) is 0.585. The SMILES string of the molecule is CCCCCC(=O)Oc1cc(O)cc2oc(-c3ccccc3)cc(=O)c12. The summed E-state index contributed by atoms with van der Waals surface area (Å²) < 4.78 is 11.1. The molecular formula is C21H20O5. The fraction of sp³-hybridized carbons (Fsp3) is 0.238. The second-order valence-corrected chi connectivity index (χ2v) is 6.09. The van der Waals surface area contributed by atoms with E-state index in [1.54, 1.807) is 0 Å². The molecule has 134 valence electrons. The summed E-state index contributed by atoms with van der Waals surface area (Å²) in [6.45, 7) is 2.05. The third kappa shape index (κ3) is 3.94. The van der Waals surface area contributed by atoms with E-state index in [0.717, 1.165) is 24.8 Å². The molecule has 3 rings (SSSR count). The minimum Gasteiger partial charge on any atom is -0.508 e. The molecule has 0 saturated carbocycles. The molecule has 1 heterocycles. The van der Waals surface area contributed by atoms with Gasteiger partial charge in [-0.05, 0) is 6.42 Å². The summed E-state index contributed by atoms with van der Waals surface area (Å²) in [7, 11) is 0. The third-order valence-electron chi connectivity index (χ3n) is 4.05. The second-order valence-electron chi connectivity index (χ2n) is 6.09. The van der Waals surface area contributed by atoms with E-state index < -0.39 is 5.97 Å². The highest BCUT2D eigenvalue weighted by atomic mass is 16.5. The highest BCUT2D eigenvalue weighted by molar-refractivity contribution is 5.88. The van der Waals surface area contributed by atoms with E-state index in [2.05, 4.69) is 0 Å². The van der Waals surface area contributed by atoms with Gasteiger partial charge in [0.1, 0.15) is 28.2 Å². The maximum atomic E-state index is 12.6. The molecule has 0 spiro atoms. The lowest BCUT2D eigenvalue weighted by atomic mass is 10.1. The Bertz CT molecular complexity index is 973. The molecule has 0 unspecified atom stereocenters. The highest BCUT2D eigenvalue weighted by Gasteiger charge is 2.16. The number of hydrogen-bond acceptors (Lipinski definition) is 5. The minimum absolute atomic E-state index is 0.0230. The van der Waals surface area contributed by atoms with Crippen LogP contribution in [0.1, 0.15) is 32.6 Å². The topological polar surface area (TPSA) is 76.7 Å². The van der Waals surface area contributed by atoms with E-state index in [1.165, 1.54) is 18.2 Å². The second kappa shape index (κ2) is 7.87. The van der Waals surface area contributed by atoms with Crippen molar-refractivity contribution >= 4 is 16.9 Å². The smallest absolute Gasteiger partial charge is 0.311 e. The van der Waals surface area contributed by atoms with Crippen LogP contribution in [0.5, 0.6) is 11.5 Å². The average Bonchev–Trinajstić information content (AvgIpc) is 2.62. The van der Waals surface area contributed by atoms with Crippen LogP contribution in [-0.2, 0) is 4.79 Å². The van der Waals surface area contributed by atoms with Gasteiger partial charge in [-0.2, -0.15) is 0 Å². The lowest BCUT2D eigenvalue weighted by Crippen LogP contribution is -2.10. The maximum Gasteiger partial charge on any atom is 0.311 e. The Kier molecular flexibility index (Phi) is 5.37. The van der Waals surface area contributed by atoms with Gasteiger partial charge in [0, 0.05) is 30.2 Å². The summed E-state index contributed by atoms with van der Waals surface area (Å²) in [6, 6.07) is 13.2. The third-order valence-corrected chi connectivity index (χ3v) is 4.05. The normalized spacial score (nSPS) is 10.8. The summed E-state index contributed by atoms with van der Waals surface area (Å²) in [4.78, 5) is 24.6. The number of rotatable bonds is 6. The van der Waals surface area contributed by atoms with Crippen molar-refractivity contribution in [1.82, 2.24) is 0 Å². The van der Waals surface area contributed by atoms with E-state index in [9.17, 15) is 14.7 Å². The van der Waals surface area contributed by atoms with Crippen LogP contribution in [0.3, 0.4) is 0 Å². The number of carbonyl (C=O) groups excluding carboxylic acids is 1. The monoisotopic (exact) mass is 352 g/mol. The molecule has 1 aromatic heterocycles. The van der Waals surface area contributed by atoms with Gasteiger partial charge in [-0.1, -0.05) is 50.1 Å². The van der Waals surface area contributed by atoms with Crippen molar-refractivity contribution < 1.29 is 19.1 Å². The molecule has 2 aromatic carbocycles. The minimum atomic E-state index is -0.433. The fourth-order valence-electron chi connectivity index (χ4n) is 2.76. The van der Waals surface area contributed by atoms with Crippen LogP contribution in [0.15, 0.2) is 57.7 Å². The van der Waals surface area contributed by atoms with Crippen LogP contribution in [0.25, 0.3) is 22.3 Å².